The monoisotopic (exact) mass is 726 g/mol. The summed E-state index contributed by atoms with van der Waals surface area (Å²) in [5.41, 5.74) is 14.5. The highest BCUT2D eigenvalue weighted by atomic mass is 15.0. The molecule has 0 aliphatic heterocycles. The van der Waals surface area contributed by atoms with Crippen molar-refractivity contribution in [3.63, 3.8) is 0 Å². The summed E-state index contributed by atoms with van der Waals surface area (Å²) in [6.07, 6.45) is 0. The summed E-state index contributed by atoms with van der Waals surface area (Å²) in [5, 5.41) is 19.1. The van der Waals surface area contributed by atoms with Crippen LogP contribution in [-0.2, 0) is 0 Å². The van der Waals surface area contributed by atoms with Crippen LogP contribution in [0.2, 0.25) is 0 Å². The van der Waals surface area contributed by atoms with E-state index in [0.717, 1.165) is 82.9 Å². The molecule has 0 fully saturated rings. The van der Waals surface area contributed by atoms with E-state index in [1.807, 2.05) is 18.2 Å². The van der Waals surface area contributed by atoms with Crippen LogP contribution in [0.1, 0.15) is 16.7 Å². The molecule has 266 valence electrons. The lowest BCUT2D eigenvalue weighted by Crippen LogP contribution is -1.99. The zero-order valence-electron chi connectivity index (χ0n) is 31.5. The average Bonchev–Trinajstić information content (AvgIpc) is 3.60. The number of pyridine rings is 2. The van der Waals surface area contributed by atoms with Gasteiger partial charge in [-0.2, -0.15) is 5.26 Å². The Labute approximate surface area is 329 Å². The molecule has 0 saturated heterocycles. The summed E-state index contributed by atoms with van der Waals surface area (Å²) >= 11 is 0. The van der Waals surface area contributed by atoms with Crippen molar-refractivity contribution in [2.75, 3.05) is 0 Å². The number of fused-ring (bicyclic) bond motifs is 9. The third kappa shape index (κ3) is 4.99. The second-order valence-corrected chi connectivity index (χ2v) is 14.9. The van der Waals surface area contributed by atoms with Crippen molar-refractivity contribution < 1.29 is 0 Å². The van der Waals surface area contributed by atoms with E-state index in [9.17, 15) is 5.26 Å². The largest absolute Gasteiger partial charge is 0.309 e. The third-order valence-corrected chi connectivity index (χ3v) is 11.7. The fourth-order valence-corrected chi connectivity index (χ4v) is 9.15. The highest BCUT2D eigenvalue weighted by Crippen LogP contribution is 2.46. The van der Waals surface area contributed by atoms with E-state index in [2.05, 4.69) is 176 Å². The zero-order valence-corrected chi connectivity index (χ0v) is 31.5. The summed E-state index contributed by atoms with van der Waals surface area (Å²) in [5.74, 6) is 0. The molecule has 4 nitrogen and oxygen atoms in total. The number of hydrogen-bond donors (Lipinski definition) is 0. The van der Waals surface area contributed by atoms with E-state index in [0.29, 0.717) is 5.56 Å². The molecule has 0 atom stereocenters. The van der Waals surface area contributed by atoms with E-state index in [-0.39, 0.29) is 0 Å². The number of nitrogens with zero attached hydrogens (tertiary/aromatic N) is 4. The molecular weight excluding hydrogens is 693 g/mol. The first-order chi connectivity index (χ1) is 28.1. The number of hydrogen-bond acceptors (Lipinski definition) is 3. The Morgan fingerprint density at radius 3 is 1.63 bits per heavy atom. The molecule has 0 radical (unpaired) electrons. The second-order valence-electron chi connectivity index (χ2n) is 14.9. The van der Waals surface area contributed by atoms with Crippen molar-refractivity contribution in [3.8, 4) is 45.4 Å². The number of benzene rings is 8. The van der Waals surface area contributed by atoms with Crippen molar-refractivity contribution >= 4 is 65.2 Å². The van der Waals surface area contributed by atoms with Crippen molar-refractivity contribution in [1.82, 2.24) is 14.5 Å². The van der Waals surface area contributed by atoms with Gasteiger partial charge in [-0.1, -0.05) is 121 Å². The van der Waals surface area contributed by atoms with E-state index in [1.165, 1.54) is 32.7 Å². The summed E-state index contributed by atoms with van der Waals surface area (Å²) in [6.45, 7) is 4.53. The summed E-state index contributed by atoms with van der Waals surface area (Å²) < 4.78 is 2.26. The van der Waals surface area contributed by atoms with Crippen LogP contribution in [-0.4, -0.2) is 14.5 Å². The average molecular weight is 727 g/mol. The molecule has 4 heteroatoms. The maximum atomic E-state index is 9.79. The van der Waals surface area contributed by atoms with Gasteiger partial charge >= 0.3 is 0 Å². The number of nitriles is 1. The molecule has 0 aliphatic rings. The molecule has 0 N–H and O–H groups in total. The minimum Gasteiger partial charge on any atom is -0.309 e. The fourth-order valence-electron chi connectivity index (χ4n) is 9.15. The van der Waals surface area contributed by atoms with Crippen LogP contribution in [0.15, 0.2) is 170 Å². The second kappa shape index (κ2) is 12.7. The lowest BCUT2D eigenvalue weighted by Gasteiger charge is -2.21. The van der Waals surface area contributed by atoms with E-state index in [1.54, 1.807) is 0 Å². The molecular formula is C53H34N4. The smallest absolute Gasteiger partial charge is 0.0992 e. The number of rotatable bonds is 4. The van der Waals surface area contributed by atoms with Gasteiger partial charge in [-0.25, -0.2) is 9.97 Å². The van der Waals surface area contributed by atoms with Crippen LogP contribution >= 0.6 is 0 Å². The van der Waals surface area contributed by atoms with E-state index < -0.39 is 0 Å². The molecule has 0 spiro atoms. The molecule has 3 heterocycles. The van der Waals surface area contributed by atoms with Gasteiger partial charge in [0.05, 0.1) is 45.1 Å². The molecule has 0 aliphatic carbocycles. The van der Waals surface area contributed by atoms with Gasteiger partial charge in [-0.15, -0.1) is 0 Å². The van der Waals surface area contributed by atoms with E-state index in [4.69, 9.17) is 9.97 Å². The Bertz CT molecular complexity index is 3470. The normalized spacial score (nSPS) is 11.7. The lowest BCUT2D eigenvalue weighted by molar-refractivity contribution is 1.18. The predicted molar refractivity (Wildman–Crippen MR) is 237 cm³/mol. The maximum absolute atomic E-state index is 9.79. The van der Waals surface area contributed by atoms with E-state index >= 15 is 0 Å². The molecule has 11 aromatic rings. The van der Waals surface area contributed by atoms with Crippen LogP contribution in [0.25, 0.3) is 104 Å². The van der Waals surface area contributed by atoms with Gasteiger partial charge in [0, 0.05) is 49.1 Å². The Kier molecular flexibility index (Phi) is 7.32. The van der Waals surface area contributed by atoms with Crippen molar-refractivity contribution in [3.05, 3.63) is 187 Å². The molecule has 3 aromatic heterocycles. The maximum Gasteiger partial charge on any atom is 0.0992 e. The molecule has 0 bridgehead atoms. The Morgan fingerprint density at radius 1 is 0.421 bits per heavy atom. The molecule has 0 amide bonds. The number of aromatic nitrogens is 3. The van der Waals surface area contributed by atoms with Gasteiger partial charge in [0.1, 0.15) is 0 Å². The molecule has 57 heavy (non-hydrogen) atoms. The molecule has 0 unspecified atom stereocenters. The van der Waals surface area contributed by atoms with Crippen molar-refractivity contribution in [2.45, 2.75) is 13.8 Å². The van der Waals surface area contributed by atoms with Crippen LogP contribution < -0.4 is 0 Å². The SMILES string of the molecule is Cc1c2c(-c3ccccc3)nc3cc(-c4ccc5c(c4)c4ccc(C#N)cc4n5-c4ccccc4)ccc3c2c(C)c2c(-c3ccccc3)nc3ccccc3c12. The van der Waals surface area contributed by atoms with Gasteiger partial charge in [0.25, 0.3) is 0 Å². The highest BCUT2D eigenvalue weighted by Gasteiger charge is 2.23. The first-order valence-electron chi connectivity index (χ1n) is 19.3. The number of para-hydroxylation sites is 2. The van der Waals surface area contributed by atoms with Gasteiger partial charge < -0.3 is 4.57 Å². The van der Waals surface area contributed by atoms with Gasteiger partial charge in [-0.3, -0.25) is 0 Å². The summed E-state index contributed by atoms with van der Waals surface area (Å²) in [7, 11) is 0. The fraction of sp³-hybridized carbons (Fsp3) is 0.0377. The Balaban J connectivity index is 1.21. The topological polar surface area (TPSA) is 54.5 Å². The quantitative estimate of drug-likeness (QED) is 0.134. The first kappa shape index (κ1) is 32.8. The molecule has 0 saturated carbocycles. The predicted octanol–water partition coefficient (Wildman–Crippen LogP) is 13.7. The van der Waals surface area contributed by atoms with Gasteiger partial charge in [0.15, 0.2) is 0 Å². The highest BCUT2D eigenvalue weighted by molar-refractivity contribution is 6.25. The number of aryl methyl sites for hydroxylation is 2. The standard InChI is InChI=1S/C53H34N4/c1-32-48-41-20-12-13-21-44(41)55-52(35-14-6-3-7-15-35)50(48)33(2)49-42-26-23-38(30-45(42)56-53(51(32)49)36-16-8-4-9-17-36)37-24-27-46-43(29-37)40-25-22-34(31-54)28-47(40)57(46)39-18-10-5-11-19-39/h3-30H,1-2H3. The summed E-state index contributed by atoms with van der Waals surface area (Å²) in [6, 6.07) is 61.9. The molecule has 11 rings (SSSR count). The van der Waals surface area contributed by atoms with Gasteiger partial charge in [-0.05, 0) is 95.4 Å². The minimum atomic E-state index is 0.642. The zero-order chi connectivity index (χ0) is 38.2. The van der Waals surface area contributed by atoms with Crippen molar-refractivity contribution in [1.29, 1.82) is 5.26 Å². The van der Waals surface area contributed by atoms with Crippen LogP contribution in [0.5, 0.6) is 0 Å². The van der Waals surface area contributed by atoms with Crippen LogP contribution in [0.4, 0.5) is 0 Å². The van der Waals surface area contributed by atoms with Gasteiger partial charge in [0.2, 0.25) is 0 Å². The Hall–Kier alpha value is -7.61. The first-order valence-corrected chi connectivity index (χ1v) is 19.3. The Morgan fingerprint density at radius 2 is 0.965 bits per heavy atom. The van der Waals surface area contributed by atoms with Crippen LogP contribution in [0, 0.1) is 25.2 Å². The third-order valence-electron chi connectivity index (χ3n) is 11.7. The van der Waals surface area contributed by atoms with Crippen molar-refractivity contribution in [2.24, 2.45) is 0 Å². The van der Waals surface area contributed by atoms with Crippen LogP contribution in [0.3, 0.4) is 0 Å². The lowest BCUT2D eigenvalue weighted by atomic mass is 9.85. The minimum absolute atomic E-state index is 0.642. The summed E-state index contributed by atoms with van der Waals surface area (Å²) in [4.78, 5) is 10.9. The molecule has 8 aromatic carbocycles.